The van der Waals surface area contributed by atoms with Gasteiger partial charge < -0.3 is 5.32 Å². The zero-order valence-corrected chi connectivity index (χ0v) is 24.3. The number of anilines is 1. The topological polar surface area (TPSA) is 114 Å². The molecule has 2 amide bonds. The van der Waals surface area contributed by atoms with Crippen LogP contribution in [0.4, 0.5) is 10.6 Å². The van der Waals surface area contributed by atoms with Crippen molar-refractivity contribution in [3.05, 3.63) is 17.8 Å². The summed E-state index contributed by atoms with van der Waals surface area (Å²) in [7, 11) is -5.66. The minimum atomic E-state index is -3.62. The Morgan fingerprint density at radius 3 is 2.25 bits per heavy atom. The Kier molecular flexibility index (Phi) is 8.78. The van der Waals surface area contributed by atoms with Crippen molar-refractivity contribution in [2.45, 2.75) is 89.0 Å². The van der Waals surface area contributed by atoms with Crippen LogP contribution in [0.5, 0.6) is 0 Å². The Morgan fingerprint density at radius 1 is 1.08 bits per heavy atom. The Hall–Kier alpha value is -2.51. The summed E-state index contributed by atoms with van der Waals surface area (Å²) in [5.41, 5.74) is 5.85. The van der Waals surface area contributed by atoms with Crippen LogP contribution < -0.4 is 10.6 Å². The van der Waals surface area contributed by atoms with Crippen molar-refractivity contribution in [1.82, 2.24) is 20.3 Å². The first kappa shape index (κ1) is 28.1. The molecule has 36 heavy (non-hydrogen) atoms. The first-order valence-electron chi connectivity index (χ1n) is 12.8. The first-order valence-corrected chi connectivity index (χ1v) is 16.9. The first-order chi connectivity index (χ1) is 16.8. The number of amides is 2. The SMILES string of the molecule is CC(C)[Si](C#Cc1cc(NC(=O)NCC2CCCC2)nc2nc(S(C)(=O)=O)ncc12)(C(C)C)C(C)C. The molecule has 0 saturated heterocycles. The standard InChI is InChI=1S/C26H39N5O3SSi/c1-17(2)36(18(3)4,19(5)6)13-12-21-14-23(30-25(32)27-15-20-10-8-9-11-20)29-24-22(21)16-28-26(31-24)35(7,33)34/h14,16-20H,8-11,15H2,1-7H3,(H2,27,28,29,30,31,32). The van der Waals surface area contributed by atoms with E-state index in [1.54, 1.807) is 6.07 Å². The molecule has 0 aromatic carbocycles. The molecule has 0 atom stereocenters. The molecular weight excluding hydrogens is 490 g/mol. The molecule has 1 saturated carbocycles. The van der Waals surface area contributed by atoms with E-state index in [1.165, 1.54) is 19.0 Å². The largest absolute Gasteiger partial charge is 0.338 e. The summed E-state index contributed by atoms with van der Waals surface area (Å²) in [5.74, 6) is 4.18. The van der Waals surface area contributed by atoms with Gasteiger partial charge in [-0.25, -0.2) is 23.2 Å². The number of carbonyl (C=O) groups excluding carboxylic acids is 1. The summed E-state index contributed by atoms with van der Waals surface area (Å²) >= 11 is 0. The molecule has 1 aliphatic carbocycles. The van der Waals surface area contributed by atoms with Gasteiger partial charge in [0.25, 0.3) is 0 Å². The number of urea groups is 1. The summed E-state index contributed by atoms with van der Waals surface area (Å²) in [5, 5.41) is 5.98. The molecule has 0 spiro atoms. The van der Waals surface area contributed by atoms with Crippen molar-refractivity contribution in [2.75, 3.05) is 18.1 Å². The maximum Gasteiger partial charge on any atom is 0.320 e. The predicted molar refractivity (Wildman–Crippen MR) is 147 cm³/mol. The summed E-state index contributed by atoms with van der Waals surface area (Å²) < 4.78 is 24.1. The lowest BCUT2D eigenvalue weighted by molar-refractivity contribution is 0.250. The van der Waals surface area contributed by atoms with Crippen molar-refractivity contribution in [3.8, 4) is 11.5 Å². The average molecular weight is 530 g/mol. The number of aromatic nitrogens is 3. The summed E-state index contributed by atoms with van der Waals surface area (Å²) in [4.78, 5) is 25.3. The molecule has 2 heterocycles. The Bertz CT molecular complexity index is 1250. The van der Waals surface area contributed by atoms with E-state index in [9.17, 15) is 13.2 Å². The predicted octanol–water partition coefficient (Wildman–Crippen LogP) is 5.31. The van der Waals surface area contributed by atoms with Crippen LogP contribution >= 0.6 is 0 Å². The van der Waals surface area contributed by atoms with Crippen molar-refractivity contribution < 1.29 is 13.2 Å². The molecule has 0 bridgehead atoms. The van der Waals surface area contributed by atoms with Crippen LogP contribution in [-0.4, -0.2) is 50.3 Å². The molecular formula is C26H39N5O3SSi. The summed E-state index contributed by atoms with van der Waals surface area (Å²) in [6.07, 6.45) is 7.20. The maximum atomic E-state index is 12.6. The van der Waals surface area contributed by atoms with E-state index < -0.39 is 17.9 Å². The number of hydrogen-bond donors (Lipinski definition) is 2. The van der Waals surface area contributed by atoms with Gasteiger partial charge in [-0.15, -0.1) is 5.54 Å². The van der Waals surface area contributed by atoms with Crippen LogP contribution in [0.2, 0.25) is 16.6 Å². The Morgan fingerprint density at radius 2 is 1.69 bits per heavy atom. The lowest BCUT2D eigenvalue weighted by Crippen LogP contribution is -2.43. The van der Waals surface area contributed by atoms with Crippen LogP contribution in [0.15, 0.2) is 17.4 Å². The van der Waals surface area contributed by atoms with E-state index >= 15 is 0 Å². The van der Waals surface area contributed by atoms with Gasteiger partial charge in [0, 0.05) is 24.6 Å². The van der Waals surface area contributed by atoms with Gasteiger partial charge in [-0.2, -0.15) is 4.98 Å². The van der Waals surface area contributed by atoms with Crippen LogP contribution in [0.3, 0.4) is 0 Å². The van der Waals surface area contributed by atoms with Crippen LogP contribution in [0, 0.1) is 17.4 Å². The van der Waals surface area contributed by atoms with Gasteiger partial charge in [-0.1, -0.05) is 60.3 Å². The summed E-state index contributed by atoms with van der Waals surface area (Å²) in [6, 6.07) is 1.38. The Balaban J connectivity index is 2.06. The number of pyridine rings is 1. The fourth-order valence-corrected chi connectivity index (χ4v) is 11.3. The molecule has 0 unspecified atom stereocenters. The second-order valence-electron chi connectivity index (χ2n) is 10.8. The van der Waals surface area contributed by atoms with Gasteiger partial charge >= 0.3 is 6.03 Å². The van der Waals surface area contributed by atoms with Gasteiger partial charge in [0.15, 0.2) is 5.65 Å². The fraction of sp³-hybridized carbons (Fsp3) is 0.615. The van der Waals surface area contributed by atoms with E-state index in [-0.39, 0.29) is 22.7 Å². The lowest BCUT2D eigenvalue weighted by atomic mass is 10.1. The third-order valence-electron chi connectivity index (χ3n) is 7.42. The highest BCUT2D eigenvalue weighted by atomic mass is 32.2. The van der Waals surface area contributed by atoms with Gasteiger partial charge in [-0.05, 0) is 41.4 Å². The summed E-state index contributed by atoms with van der Waals surface area (Å²) in [6.45, 7) is 14.1. The van der Waals surface area contributed by atoms with Crippen LogP contribution in [0.1, 0.15) is 72.8 Å². The Labute approximate surface area is 216 Å². The molecule has 2 aromatic rings. The van der Waals surface area contributed by atoms with Gasteiger partial charge in [0.1, 0.15) is 13.9 Å². The van der Waals surface area contributed by atoms with Gasteiger partial charge in [0.2, 0.25) is 15.0 Å². The highest BCUT2D eigenvalue weighted by Crippen LogP contribution is 2.41. The third-order valence-corrected chi connectivity index (χ3v) is 14.6. The number of hydrogen-bond acceptors (Lipinski definition) is 6. The molecule has 0 radical (unpaired) electrons. The molecule has 1 aliphatic rings. The minimum Gasteiger partial charge on any atom is -0.338 e. The van der Waals surface area contributed by atoms with Gasteiger partial charge in [0.05, 0.1) is 5.39 Å². The zero-order chi connectivity index (χ0) is 26.7. The highest BCUT2D eigenvalue weighted by molar-refractivity contribution is 7.90. The second-order valence-corrected chi connectivity index (χ2v) is 18.3. The molecule has 3 rings (SSSR count). The molecule has 1 fully saturated rings. The van der Waals surface area contributed by atoms with E-state index in [0.717, 1.165) is 19.1 Å². The fourth-order valence-electron chi connectivity index (χ4n) is 5.56. The molecule has 2 N–H and O–H groups in total. The maximum absolute atomic E-state index is 12.6. The van der Waals surface area contributed by atoms with E-state index in [1.807, 2.05) is 0 Å². The average Bonchev–Trinajstić information content (AvgIpc) is 3.30. The monoisotopic (exact) mass is 529 g/mol. The molecule has 10 heteroatoms. The minimum absolute atomic E-state index is 0.189. The number of nitrogens with one attached hydrogen (secondary N) is 2. The van der Waals surface area contributed by atoms with Crippen LogP contribution in [0.25, 0.3) is 11.0 Å². The number of sulfone groups is 1. The lowest BCUT2D eigenvalue weighted by Gasteiger charge is -2.38. The quantitative estimate of drug-likeness (QED) is 0.285. The molecule has 0 aliphatic heterocycles. The van der Waals surface area contributed by atoms with Crippen molar-refractivity contribution >= 4 is 40.8 Å². The highest BCUT2D eigenvalue weighted by Gasteiger charge is 2.41. The van der Waals surface area contributed by atoms with E-state index in [2.05, 4.69) is 78.6 Å². The van der Waals surface area contributed by atoms with Crippen molar-refractivity contribution in [2.24, 2.45) is 5.92 Å². The molecule has 196 valence electrons. The van der Waals surface area contributed by atoms with Crippen molar-refractivity contribution in [3.63, 3.8) is 0 Å². The smallest absolute Gasteiger partial charge is 0.320 e. The molecule has 8 nitrogen and oxygen atoms in total. The van der Waals surface area contributed by atoms with Crippen LogP contribution in [-0.2, 0) is 9.84 Å². The van der Waals surface area contributed by atoms with Gasteiger partial charge in [-0.3, -0.25) is 5.32 Å². The second kappa shape index (κ2) is 11.3. The third kappa shape index (κ3) is 6.24. The van der Waals surface area contributed by atoms with E-state index in [0.29, 0.717) is 40.0 Å². The number of nitrogens with zero attached hydrogens (tertiary/aromatic N) is 3. The normalized spacial score (nSPS) is 14.9. The number of rotatable bonds is 7. The zero-order valence-electron chi connectivity index (χ0n) is 22.5. The number of carbonyl (C=O) groups is 1. The number of fused-ring (bicyclic) bond motifs is 1. The van der Waals surface area contributed by atoms with Crippen molar-refractivity contribution in [1.29, 1.82) is 0 Å². The van der Waals surface area contributed by atoms with E-state index in [4.69, 9.17) is 0 Å². The molecule has 2 aromatic heterocycles.